The van der Waals surface area contributed by atoms with Crippen LogP contribution in [0.3, 0.4) is 0 Å². The first kappa shape index (κ1) is 23.4. The Morgan fingerprint density at radius 1 is 1.12 bits per heavy atom. The molecule has 1 saturated heterocycles. The number of nitrogens with zero attached hydrogens (tertiary/aromatic N) is 5. The lowest BCUT2D eigenvalue weighted by Crippen LogP contribution is -2.55. The summed E-state index contributed by atoms with van der Waals surface area (Å²) in [4.78, 5) is 19.2. The molecule has 174 valence electrons. The van der Waals surface area contributed by atoms with E-state index in [0.29, 0.717) is 11.7 Å². The van der Waals surface area contributed by atoms with Crippen molar-refractivity contribution in [3.63, 3.8) is 0 Å². The molecule has 1 amide bonds. The Bertz CT molecular complexity index is 1080. The molecule has 1 aromatic carbocycles. The lowest BCUT2D eigenvalue weighted by molar-refractivity contribution is -0.119. The molecule has 1 aliphatic heterocycles. The van der Waals surface area contributed by atoms with E-state index in [0.717, 1.165) is 48.9 Å². The molecule has 1 fully saturated rings. The molecule has 33 heavy (non-hydrogen) atoms. The minimum Gasteiger partial charge on any atom is -0.379 e. The van der Waals surface area contributed by atoms with Gasteiger partial charge < -0.3 is 10.1 Å². The number of amides is 1. The first-order valence-corrected chi connectivity index (χ1v) is 12.1. The van der Waals surface area contributed by atoms with Gasteiger partial charge in [0.1, 0.15) is 0 Å². The Balaban J connectivity index is 1.47. The molecule has 9 heteroatoms. The Kier molecular flexibility index (Phi) is 7.42. The number of carbonyl (C=O) groups excluding carboxylic acids is 1. The maximum absolute atomic E-state index is 12.7. The molecule has 2 aromatic heterocycles. The van der Waals surface area contributed by atoms with E-state index in [2.05, 4.69) is 52.2 Å². The topological polar surface area (TPSA) is 85.2 Å². The van der Waals surface area contributed by atoms with E-state index in [9.17, 15) is 4.79 Å². The van der Waals surface area contributed by atoms with Gasteiger partial charge >= 0.3 is 0 Å². The van der Waals surface area contributed by atoms with Gasteiger partial charge in [0, 0.05) is 43.1 Å². The van der Waals surface area contributed by atoms with E-state index in [1.807, 2.05) is 34.9 Å². The summed E-state index contributed by atoms with van der Waals surface area (Å²) in [6.45, 7) is 10.2. The smallest absolute Gasteiger partial charge is 0.230 e. The third-order valence-corrected chi connectivity index (χ3v) is 6.77. The molecular weight excluding hydrogens is 436 g/mol. The highest BCUT2D eigenvalue weighted by Gasteiger charge is 2.28. The summed E-state index contributed by atoms with van der Waals surface area (Å²) >= 11 is 1.39. The summed E-state index contributed by atoms with van der Waals surface area (Å²) < 4.78 is 7.46. The van der Waals surface area contributed by atoms with Crippen LogP contribution in [0.25, 0.3) is 17.1 Å². The van der Waals surface area contributed by atoms with Crippen LogP contribution in [0.2, 0.25) is 0 Å². The summed E-state index contributed by atoms with van der Waals surface area (Å²) in [7, 11) is 0. The molecule has 0 atom stereocenters. The van der Waals surface area contributed by atoms with E-state index >= 15 is 0 Å². The fraction of sp³-hybridized carbons (Fsp3) is 0.417. The number of carbonyl (C=O) groups is 1. The summed E-state index contributed by atoms with van der Waals surface area (Å²) in [6.07, 6.45) is 3.48. The first-order valence-electron chi connectivity index (χ1n) is 11.1. The number of thioether (sulfide) groups is 1. The summed E-state index contributed by atoms with van der Waals surface area (Å²) in [6, 6.07) is 11.9. The predicted molar refractivity (Wildman–Crippen MR) is 130 cm³/mol. The van der Waals surface area contributed by atoms with E-state index in [4.69, 9.17) is 4.74 Å². The highest BCUT2D eigenvalue weighted by Crippen LogP contribution is 2.29. The molecule has 0 saturated carbocycles. The van der Waals surface area contributed by atoms with Gasteiger partial charge in [-0.1, -0.05) is 30.0 Å². The van der Waals surface area contributed by atoms with Crippen molar-refractivity contribution in [3.8, 4) is 17.1 Å². The molecule has 1 aliphatic rings. The number of hydrogen-bond acceptors (Lipinski definition) is 7. The normalized spacial score (nSPS) is 14.9. The van der Waals surface area contributed by atoms with Crippen LogP contribution in [0.1, 0.15) is 19.4 Å². The second kappa shape index (κ2) is 10.5. The molecule has 4 rings (SSSR count). The Labute approximate surface area is 198 Å². The second-order valence-electron chi connectivity index (χ2n) is 8.64. The number of rotatable bonds is 8. The van der Waals surface area contributed by atoms with Gasteiger partial charge in [0.2, 0.25) is 5.91 Å². The minimum absolute atomic E-state index is 0.0221. The van der Waals surface area contributed by atoms with E-state index in [1.165, 1.54) is 11.8 Å². The number of aryl methyl sites for hydroxylation is 1. The monoisotopic (exact) mass is 466 g/mol. The van der Waals surface area contributed by atoms with Crippen LogP contribution in [0.15, 0.2) is 53.9 Å². The van der Waals surface area contributed by atoms with Gasteiger partial charge in [0.25, 0.3) is 0 Å². The van der Waals surface area contributed by atoms with Gasteiger partial charge in [-0.15, -0.1) is 10.2 Å². The van der Waals surface area contributed by atoms with Crippen LogP contribution < -0.4 is 5.32 Å². The maximum Gasteiger partial charge on any atom is 0.230 e. The third-order valence-electron chi connectivity index (χ3n) is 5.85. The Hall–Kier alpha value is -2.75. The van der Waals surface area contributed by atoms with Crippen molar-refractivity contribution in [1.82, 2.24) is 30.0 Å². The lowest BCUT2D eigenvalue weighted by atomic mass is 10.0. The first-order chi connectivity index (χ1) is 16.0. The molecule has 1 N–H and O–H groups in total. The second-order valence-corrected chi connectivity index (χ2v) is 9.58. The average molecular weight is 467 g/mol. The van der Waals surface area contributed by atoms with Gasteiger partial charge in [0.15, 0.2) is 11.0 Å². The van der Waals surface area contributed by atoms with E-state index < -0.39 is 0 Å². The van der Waals surface area contributed by atoms with Crippen LogP contribution in [0.4, 0.5) is 0 Å². The maximum atomic E-state index is 12.7. The molecule has 3 aromatic rings. The molecule has 0 bridgehead atoms. The molecule has 3 heterocycles. The average Bonchev–Trinajstić information content (AvgIpc) is 3.26. The van der Waals surface area contributed by atoms with Crippen molar-refractivity contribution in [2.75, 3.05) is 38.6 Å². The van der Waals surface area contributed by atoms with Crippen LogP contribution >= 0.6 is 11.8 Å². The van der Waals surface area contributed by atoms with Gasteiger partial charge in [-0.05, 0) is 44.5 Å². The standard InChI is InChI=1S/C24H30N6O2S/c1-18-6-4-5-7-20(18)30-22(19-8-10-25-11-9-19)27-28-23(30)33-16-21(31)26-17-24(2,3)29-12-14-32-15-13-29/h4-11H,12-17H2,1-3H3,(H,26,31). The quantitative estimate of drug-likeness (QED) is 0.511. The van der Waals surface area contributed by atoms with Crippen molar-refractivity contribution >= 4 is 17.7 Å². The number of nitrogens with one attached hydrogen (secondary N) is 1. The fourth-order valence-corrected chi connectivity index (χ4v) is 4.63. The number of pyridine rings is 1. The number of morpholine rings is 1. The molecule has 0 aliphatic carbocycles. The Morgan fingerprint density at radius 3 is 2.58 bits per heavy atom. The van der Waals surface area contributed by atoms with Gasteiger partial charge in [-0.3, -0.25) is 19.2 Å². The van der Waals surface area contributed by atoms with E-state index in [-0.39, 0.29) is 17.2 Å². The lowest BCUT2D eigenvalue weighted by Gasteiger charge is -2.40. The number of benzene rings is 1. The zero-order chi connectivity index (χ0) is 23.3. The Morgan fingerprint density at radius 2 is 1.85 bits per heavy atom. The van der Waals surface area contributed by atoms with Crippen molar-refractivity contribution in [3.05, 3.63) is 54.4 Å². The summed E-state index contributed by atoms with van der Waals surface area (Å²) in [5, 5.41) is 12.6. The number of hydrogen-bond donors (Lipinski definition) is 1. The van der Waals surface area contributed by atoms with Crippen LogP contribution in [0.5, 0.6) is 0 Å². The molecule has 0 spiro atoms. The van der Waals surface area contributed by atoms with Gasteiger partial charge in [-0.2, -0.15) is 0 Å². The zero-order valence-corrected chi connectivity index (χ0v) is 20.1. The van der Waals surface area contributed by atoms with Crippen molar-refractivity contribution < 1.29 is 9.53 Å². The molecule has 8 nitrogen and oxygen atoms in total. The predicted octanol–water partition coefficient (Wildman–Crippen LogP) is 2.96. The molecular formula is C24H30N6O2S. The van der Waals surface area contributed by atoms with Crippen molar-refractivity contribution in [2.24, 2.45) is 0 Å². The number of ether oxygens (including phenoxy) is 1. The zero-order valence-electron chi connectivity index (χ0n) is 19.3. The largest absolute Gasteiger partial charge is 0.379 e. The molecule has 0 radical (unpaired) electrons. The highest BCUT2D eigenvalue weighted by atomic mass is 32.2. The van der Waals surface area contributed by atoms with Crippen LogP contribution in [-0.4, -0.2) is 74.7 Å². The van der Waals surface area contributed by atoms with Crippen LogP contribution in [-0.2, 0) is 9.53 Å². The highest BCUT2D eigenvalue weighted by molar-refractivity contribution is 7.99. The van der Waals surface area contributed by atoms with E-state index in [1.54, 1.807) is 12.4 Å². The van der Waals surface area contributed by atoms with Crippen LogP contribution in [0, 0.1) is 6.92 Å². The fourth-order valence-electron chi connectivity index (χ4n) is 3.86. The van der Waals surface area contributed by atoms with Crippen molar-refractivity contribution in [2.45, 2.75) is 31.5 Å². The van der Waals surface area contributed by atoms with Gasteiger partial charge in [0.05, 0.1) is 24.7 Å². The summed E-state index contributed by atoms with van der Waals surface area (Å²) in [5.74, 6) is 0.966. The minimum atomic E-state index is -0.125. The number of aromatic nitrogens is 4. The van der Waals surface area contributed by atoms with Crippen molar-refractivity contribution in [1.29, 1.82) is 0 Å². The SMILES string of the molecule is Cc1ccccc1-n1c(SCC(=O)NCC(C)(C)N2CCOCC2)nnc1-c1ccncc1. The molecule has 0 unspecified atom stereocenters. The van der Waals surface area contributed by atoms with Gasteiger partial charge in [-0.25, -0.2) is 0 Å². The number of para-hydroxylation sites is 1. The summed E-state index contributed by atoms with van der Waals surface area (Å²) in [5.41, 5.74) is 2.89. The third kappa shape index (κ3) is 5.61.